The van der Waals surface area contributed by atoms with Crippen molar-refractivity contribution in [1.29, 1.82) is 0 Å². The molecule has 0 aromatic heterocycles. The van der Waals surface area contributed by atoms with Gasteiger partial charge in [0.1, 0.15) is 6.10 Å². The SMILES string of the molecule is CC#CC(O)COCCCOCCCCCN. The predicted molar refractivity (Wildman–Crippen MR) is 68.6 cm³/mol. The summed E-state index contributed by atoms with van der Waals surface area (Å²) in [7, 11) is 0. The van der Waals surface area contributed by atoms with E-state index in [1.165, 1.54) is 0 Å². The van der Waals surface area contributed by atoms with E-state index in [4.69, 9.17) is 15.2 Å². The molecule has 0 aromatic carbocycles. The number of ether oxygens (including phenoxy) is 2. The monoisotopic (exact) mass is 243 g/mol. The third kappa shape index (κ3) is 13.3. The molecule has 0 saturated carbocycles. The fraction of sp³-hybridized carbons (Fsp3) is 0.846. The van der Waals surface area contributed by atoms with E-state index in [9.17, 15) is 5.11 Å². The molecule has 0 saturated heterocycles. The second-order valence-corrected chi connectivity index (χ2v) is 3.80. The second-order valence-electron chi connectivity index (χ2n) is 3.80. The van der Waals surface area contributed by atoms with E-state index in [0.29, 0.717) is 13.2 Å². The minimum Gasteiger partial charge on any atom is -0.381 e. The zero-order valence-corrected chi connectivity index (χ0v) is 10.8. The van der Waals surface area contributed by atoms with Crippen LogP contribution >= 0.6 is 0 Å². The summed E-state index contributed by atoms with van der Waals surface area (Å²) in [6.07, 6.45) is 3.46. The Balaban J connectivity index is 3.05. The van der Waals surface area contributed by atoms with Crippen LogP contribution in [0.4, 0.5) is 0 Å². The van der Waals surface area contributed by atoms with E-state index < -0.39 is 6.10 Å². The van der Waals surface area contributed by atoms with Gasteiger partial charge in [0.25, 0.3) is 0 Å². The highest BCUT2D eigenvalue weighted by molar-refractivity contribution is 5.01. The third-order valence-corrected chi connectivity index (χ3v) is 2.16. The van der Waals surface area contributed by atoms with Gasteiger partial charge in [-0.2, -0.15) is 0 Å². The van der Waals surface area contributed by atoms with Crippen molar-refractivity contribution in [2.24, 2.45) is 5.73 Å². The second kappa shape index (κ2) is 13.5. The predicted octanol–water partition coefficient (Wildman–Crippen LogP) is 0.923. The first-order valence-corrected chi connectivity index (χ1v) is 6.27. The summed E-state index contributed by atoms with van der Waals surface area (Å²) in [5, 5.41) is 9.23. The van der Waals surface area contributed by atoms with Crippen LogP contribution in [0.3, 0.4) is 0 Å². The van der Waals surface area contributed by atoms with Crippen LogP contribution in [0.25, 0.3) is 0 Å². The average molecular weight is 243 g/mol. The standard InChI is InChI=1S/C13H25NO3/c1-2-7-13(15)12-17-11-6-10-16-9-5-3-4-8-14/h13,15H,3-6,8-12,14H2,1H3. The number of unbranched alkanes of at least 4 members (excludes halogenated alkanes) is 2. The number of rotatable bonds is 11. The quantitative estimate of drug-likeness (QED) is 0.418. The molecule has 1 unspecified atom stereocenters. The molecule has 4 nitrogen and oxygen atoms in total. The minimum atomic E-state index is -0.669. The highest BCUT2D eigenvalue weighted by atomic mass is 16.5. The average Bonchev–Trinajstić information content (AvgIpc) is 2.32. The summed E-state index contributed by atoms with van der Waals surface area (Å²) in [6.45, 7) is 4.84. The van der Waals surface area contributed by atoms with Gasteiger partial charge in [-0.25, -0.2) is 0 Å². The molecule has 4 heteroatoms. The fourth-order valence-electron chi connectivity index (χ4n) is 1.29. The molecular weight excluding hydrogens is 218 g/mol. The Kier molecular flexibility index (Phi) is 13.0. The van der Waals surface area contributed by atoms with Gasteiger partial charge < -0.3 is 20.3 Å². The summed E-state index contributed by atoms with van der Waals surface area (Å²) in [5.41, 5.74) is 5.38. The number of hydrogen-bond acceptors (Lipinski definition) is 4. The van der Waals surface area contributed by atoms with Gasteiger partial charge in [0.15, 0.2) is 0 Å². The highest BCUT2D eigenvalue weighted by Gasteiger charge is 1.98. The number of hydrogen-bond donors (Lipinski definition) is 2. The van der Waals surface area contributed by atoms with Crippen molar-refractivity contribution in [3.63, 3.8) is 0 Å². The molecule has 0 fully saturated rings. The fourth-order valence-corrected chi connectivity index (χ4v) is 1.29. The van der Waals surface area contributed by atoms with E-state index in [1.807, 2.05) is 0 Å². The molecule has 0 amide bonds. The van der Waals surface area contributed by atoms with Crippen molar-refractivity contribution in [3.8, 4) is 11.8 Å². The molecule has 0 bridgehead atoms. The number of nitrogens with two attached hydrogens (primary N) is 1. The maximum absolute atomic E-state index is 9.23. The van der Waals surface area contributed by atoms with Crippen LogP contribution in [0.5, 0.6) is 0 Å². The summed E-state index contributed by atoms with van der Waals surface area (Å²) in [6, 6.07) is 0. The van der Waals surface area contributed by atoms with Crippen molar-refractivity contribution in [2.75, 3.05) is 33.0 Å². The number of aliphatic hydroxyl groups is 1. The van der Waals surface area contributed by atoms with Crippen LogP contribution in [0.15, 0.2) is 0 Å². The van der Waals surface area contributed by atoms with Crippen molar-refractivity contribution in [2.45, 2.75) is 38.7 Å². The molecule has 0 spiro atoms. The Labute approximate surface area is 104 Å². The lowest BCUT2D eigenvalue weighted by Gasteiger charge is -2.06. The van der Waals surface area contributed by atoms with Crippen molar-refractivity contribution >= 4 is 0 Å². The molecule has 0 radical (unpaired) electrons. The third-order valence-electron chi connectivity index (χ3n) is 2.16. The molecule has 0 aromatic rings. The van der Waals surface area contributed by atoms with E-state index in [1.54, 1.807) is 6.92 Å². The van der Waals surface area contributed by atoms with E-state index in [-0.39, 0.29) is 6.61 Å². The van der Waals surface area contributed by atoms with Crippen LogP contribution in [0.1, 0.15) is 32.6 Å². The molecule has 0 rings (SSSR count). The van der Waals surface area contributed by atoms with Gasteiger partial charge >= 0.3 is 0 Å². The molecule has 17 heavy (non-hydrogen) atoms. The van der Waals surface area contributed by atoms with Gasteiger partial charge in [0.2, 0.25) is 0 Å². The molecular formula is C13H25NO3. The van der Waals surface area contributed by atoms with Crippen molar-refractivity contribution in [3.05, 3.63) is 0 Å². The zero-order chi connectivity index (χ0) is 12.8. The topological polar surface area (TPSA) is 64.7 Å². The van der Waals surface area contributed by atoms with Gasteiger partial charge in [-0.15, -0.1) is 5.92 Å². The van der Waals surface area contributed by atoms with Crippen LogP contribution < -0.4 is 5.73 Å². The van der Waals surface area contributed by atoms with Crippen LogP contribution in [-0.2, 0) is 9.47 Å². The minimum absolute atomic E-state index is 0.275. The summed E-state index contributed by atoms with van der Waals surface area (Å²) < 4.78 is 10.7. The Morgan fingerprint density at radius 2 is 1.76 bits per heavy atom. The van der Waals surface area contributed by atoms with Gasteiger partial charge in [0, 0.05) is 19.8 Å². The lowest BCUT2D eigenvalue weighted by atomic mass is 10.2. The molecule has 3 N–H and O–H groups in total. The molecule has 0 heterocycles. The van der Waals surface area contributed by atoms with Crippen LogP contribution in [0, 0.1) is 11.8 Å². The van der Waals surface area contributed by atoms with Gasteiger partial charge in [0.05, 0.1) is 6.61 Å². The highest BCUT2D eigenvalue weighted by Crippen LogP contribution is 1.95. The molecule has 100 valence electrons. The Morgan fingerprint density at radius 3 is 2.47 bits per heavy atom. The summed E-state index contributed by atoms with van der Waals surface area (Å²) >= 11 is 0. The molecule has 0 aliphatic heterocycles. The Bertz CT molecular complexity index is 210. The summed E-state index contributed by atoms with van der Waals surface area (Å²) in [5.74, 6) is 5.25. The first-order chi connectivity index (χ1) is 8.31. The summed E-state index contributed by atoms with van der Waals surface area (Å²) in [4.78, 5) is 0. The Hall–Kier alpha value is -0.600. The van der Waals surface area contributed by atoms with Crippen molar-refractivity contribution in [1.82, 2.24) is 0 Å². The molecule has 0 aliphatic carbocycles. The lowest BCUT2D eigenvalue weighted by molar-refractivity contribution is 0.0449. The van der Waals surface area contributed by atoms with Gasteiger partial charge in [-0.3, -0.25) is 0 Å². The maximum atomic E-state index is 9.23. The van der Waals surface area contributed by atoms with E-state index in [0.717, 1.165) is 38.8 Å². The van der Waals surface area contributed by atoms with E-state index >= 15 is 0 Å². The van der Waals surface area contributed by atoms with Crippen LogP contribution in [-0.4, -0.2) is 44.2 Å². The van der Waals surface area contributed by atoms with Crippen LogP contribution in [0.2, 0.25) is 0 Å². The van der Waals surface area contributed by atoms with Gasteiger partial charge in [-0.05, 0) is 39.2 Å². The smallest absolute Gasteiger partial charge is 0.137 e. The normalized spacial score (nSPS) is 11.9. The Morgan fingerprint density at radius 1 is 1.06 bits per heavy atom. The number of aliphatic hydroxyl groups excluding tert-OH is 1. The molecule has 0 aliphatic rings. The van der Waals surface area contributed by atoms with Crippen molar-refractivity contribution < 1.29 is 14.6 Å². The zero-order valence-electron chi connectivity index (χ0n) is 10.8. The molecule has 1 atom stereocenters. The first-order valence-electron chi connectivity index (χ1n) is 6.27. The van der Waals surface area contributed by atoms with E-state index in [2.05, 4.69) is 11.8 Å². The largest absolute Gasteiger partial charge is 0.381 e. The van der Waals surface area contributed by atoms with Gasteiger partial charge in [-0.1, -0.05) is 5.92 Å². The maximum Gasteiger partial charge on any atom is 0.137 e. The first kappa shape index (κ1) is 16.4. The lowest BCUT2D eigenvalue weighted by Crippen LogP contribution is -2.14.